The number of rotatable bonds is 11. The normalized spacial score (nSPS) is 14.2. The smallest absolute Gasteiger partial charge is 0.376 e. The summed E-state index contributed by atoms with van der Waals surface area (Å²) in [7, 11) is -6.07. The van der Waals surface area contributed by atoms with Crippen molar-refractivity contribution in [3.05, 3.63) is 71.9 Å². The summed E-state index contributed by atoms with van der Waals surface area (Å²) in [6, 6.07) is 21.8. The molecule has 0 aliphatic carbocycles. The highest BCUT2D eigenvalue weighted by Gasteiger charge is 2.62. The molecule has 2 aromatic carbocycles. The van der Waals surface area contributed by atoms with Gasteiger partial charge in [-0.25, -0.2) is 0 Å². The lowest BCUT2D eigenvalue weighted by atomic mass is 10.4. The molecule has 152 valence electrons. The predicted molar refractivity (Wildman–Crippen MR) is 127 cm³/mol. The zero-order chi connectivity index (χ0) is 20.5. The molecule has 0 saturated heterocycles. The summed E-state index contributed by atoms with van der Waals surface area (Å²) < 4.78 is 19.6. The van der Waals surface area contributed by atoms with Crippen molar-refractivity contribution in [1.29, 1.82) is 0 Å². The van der Waals surface area contributed by atoms with Crippen molar-refractivity contribution in [1.82, 2.24) is 0 Å². The summed E-state index contributed by atoms with van der Waals surface area (Å²) in [5.41, 5.74) is 3.82. The van der Waals surface area contributed by atoms with Crippen LogP contribution in [0.3, 0.4) is 0 Å². The molecule has 0 aliphatic rings. The maximum atomic E-state index is 6.55. The fourth-order valence-corrected chi connectivity index (χ4v) is 29.4. The van der Waals surface area contributed by atoms with Gasteiger partial charge in [-0.05, 0) is 34.6 Å². The Kier molecular flexibility index (Phi) is 9.07. The average Bonchev–Trinajstić information content (AvgIpc) is 2.69. The monoisotopic (exact) mass is 430 g/mol. The minimum Gasteiger partial charge on any atom is -0.376 e. The van der Waals surface area contributed by atoms with Gasteiger partial charge in [0.25, 0.3) is 0 Å². The first-order valence-corrected chi connectivity index (χ1v) is 18.0. The number of benzene rings is 2. The van der Waals surface area contributed by atoms with E-state index >= 15 is 0 Å². The van der Waals surface area contributed by atoms with E-state index in [1.165, 1.54) is 15.9 Å². The van der Waals surface area contributed by atoms with Gasteiger partial charge in [0.15, 0.2) is 7.11 Å². The SMILES string of the molecule is CCO[Si](OCC)(OCC)[Si](C=C(C)C)([SiH2]c1ccccc1)c1ccccc1. The molecule has 0 fully saturated rings. The van der Waals surface area contributed by atoms with Crippen molar-refractivity contribution in [2.24, 2.45) is 0 Å². The lowest BCUT2D eigenvalue weighted by Crippen LogP contribution is -2.79. The fraction of sp³-hybridized carbons (Fsp3) is 0.364. The highest BCUT2D eigenvalue weighted by atomic mass is 29.6. The molecule has 0 bridgehead atoms. The third-order valence-corrected chi connectivity index (χ3v) is 27.8. The molecule has 1 atom stereocenters. The molecule has 0 aliphatic heterocycles. The van der Waals surface area contributed by atoms with E-state index < -0.39 is 24.5 Å². The van der Waals surface area contributed by atoms with E-state index in [4.69, 9.17) is 13.3 Å². The van der Waals surface area contributed by atoms with Crippen molar-refractivity contribution in [2.75, 3.05) is 19.8 Å². The Hall–Kier alpha value is -1.29. The highest BCUT2D eigenvalue weighted by molar-refractivity contribution is 7.65. The average molecular weight is 431 g/mol. The first kappa shape index (κ1) is 23.0. The van der Waals surface area contributed by atoms with Crippen LogP contribution < -0.4 is 10.4 Å². The van der Waals surface area contributed by atoms with Crippen LogP contribution in [0.25, 0.3) is 0 Å². The van der Waals surface area contributed by atoms with Crippen molar-refractivity contribution >= 4 is 34.8 Å². The third-order valence-electron chi connectivity index (χ3n) is 4.70. The molecule has 0 saturated carbocycles. The van der Waals surface area contributed by atoms with Crippen LogP contribution >= 0.6 is 0 Å². The Balaban J connectivity index is 2.81. The Labute approximate surface area is 174 Å². The molecule has 3 nitrogen and oxygen atoms in total. The number of hydrogen-bond donors (Lipinski definition) is 0. The van der Waals surface area contributed by atoms with Gasteiger partial charge in [-0.3, -0.25) is 0 Å². The van der Waals surface area contributed by atoms with Gasteiger partial charge in [0.05, 0.1) is 9.04 Å². The second-order valence-corrected chi connectivity index (χ2v) is 24.1. The molecular formula is C22H34O3Si3. The first-order valence-electron chi connectivity index (χ1n) is 10.2. The van der Waals surface area contributed by atoms with Crippen LogP contribution in [0.2, 0.25) is 0 Å². The van der Waals surface area contributed by atoms with E-state index in [0.29, 0.717) is 19.8 Å². The van der Waals surface area contributed by atoms with E-state index in [1.54, 1.807) is 0 Å². The lowest BCUT2D eigenvalue weighted by Gasteiger charge is -2.43. The molecule has 0 N–H and O–H groups in total. The van der Waals surface area contributed by atoms with Crippen LogP contribution in [0.1, 0.15) is 34.6 Å². The molecule has 0 aromatic heterocycles. The molecular weight excluding hydrogens is 396 g/mol. The van der Waals surface area contributed by atoms with Gasteiger partial charge in [0, 0.05) is 19.8 Å². The van der Waals surface area contributed by atoms with E-state index in [9.17, 15) is 0 Å². The maximum absolute atomic E-state index is 6.55. The van der Waals surface area contributed by atoms with Gasteiger partial charge in [-0.2, -0.15) is 0 Å². The van der Waals surface area contributed by atoms with E-state index in [2.05, 4.69) is 101 Å². The Morgan fingerprint density at radius 2 is 1.25 bits per heavy atom. The number of hydrogen-bond acceptors (Lipinski definition) is 3. The molecule has 2 aromatic rings. The van der Waals surface area contributed by atoms with Crippen molar-refractivity contribution in [2.45, 2.75) is 34.6 Å². The molecule has 6 heteroatoms. The van der Waals surface area contributed by atoms with Crippen LogP contribution in [-0.4, -0.2) is 44.3 Å². The molecule has 0 spiro atoms. The van der Waals surface area contributed by atoms with E-state index in [1.807, 2.05) is 0 Å². The van der Waals surface area contributed by atoms with Crippen LogP contribution in [0.5, 0.6) is 0 Å². The quantitative estimate of drug-likeness (QED) is 0.513. The lowest BCUT2D eigenvalue weighted by molar-refractivity contribution is 0.0919. The van der Waals surface area contributed by atoms with Crippen LogP contribution in [0.15, 0.2) is 71.9 Å². The number of allylic oxidation sites excluding steroid dienone is 1. The molecule has 0 heterocycles. The predicted octanol–water partition coefficient (Wildman–Crippen LogP) is 2.97. The second-order valence-electron chi connectivity index (χ2n) is 7.08. The van der Waals surface area contributed by atoms with Crippen molar-refractivity contribution in [3.63, 3.8) is 0 Å². The summed E-state index contributed by atoms with van der Waals surface area (Å²) in [6.07, 6.45) is 0. The largest absolute Gasteiger partial charge is 0.477 e. The standard InChI is InChI=1S/C22H34O3Si3/c1-6-23-28(24-7-2,25-8-3)27(19-20(4)5,22-17-13-10-14-18-22)26-21-15-11-9-12-16-21/h9-19H,6-8,26H2,1-5H3. The van der Waals surface area contributed by atoms with Gasteiger partial charge in [0.2, 0.25) is 0 Å². The molecule has 2 rings (SSSR count). The first-order chi connectivity index (χ1) is 13.5. The molecule has 28 heavy (non-hydrogen) atoms. The third kappa shape index (κ3) is 5.20. The van der Waals surface area contributed by atoms with Crippen molar-refractivity contribution < 1.29 is 13.3 Å². The Morgan fingerprint density at radius 3 is 1.68 bits per heavy atom. The van der Waals surface area contributed by atoms with Crippen LogP contribution in [0, 0.1) is 0 Å². The van der Waals surface area contributed by atoms with Gasteiger partial charge in [-0.1, -0.05) is 82.3 Å². The van der Waals surface area contributed by atoms with Crippen molar-refractivity contribution in [3.8, 4) is 0 Å². The minimum atomic E-state index is -2.94. The second kappa shape index (κ2) is 11.0. The van der Waals surface area contributed by atoms with Gasteiger partial charge >= 0.3 is 8.32 Å². The molecule has 1 unspecified atom stereocenters. The van der Waals surface area contributed by atoms with Gasteiger partial charge in [-0.15, -0.1) is 0 Å². The van der Waals surface area contributed by atoms with Gasteiger partial charge in [0.1, 0.15) is 0 Å². The zero-order valence-corrected chi connectivity index (χ0v) is 21.3. The maximum Gasteiger partial charge on any atom is 0.477 e. The van der Waals surface area contributed by atoms with Crippen LogP contribution in [0.4, 0.5) is 0 Å². The Bertz CT molecular complexity index is 716. The molecule has 0 radical (unpaired) electrons. The van der Waals surface area contributed by atoms with E-state index in [-0.39, 0.29) is 0 Å². The topological polar surface area (TPSA) is 27.7 Å². The summed E-state index contributed by atoms with van der Waals surface area (Å²) in [5, 5.41) is 2.81. The summed E-state index contributed by atoms with van der Waals surface area (Å²) in [5.74, 6) is 0. The Morgan fingerprint density at radius 1 is 0.786 bits per heavy atom. The van der Waals surface area contributed by atoms with Crippen LogP contribution in [-0.2, 0) is 13.3 Å². The fourth-order valence-electron chi connectivity index (χ4n) is 3.84. The van der Waals surface area contributed by atoms with E-state index in [0.717, 1.165) is 0 Å². The summed E-state index contributed by atoms with van der Waals surface area (Å²) >= 11 is 0. The summed E-state index contributed by atoms with van der Waals surface area (Å²) in [6.45, 7) is 12.3. The molecule has 0 amide bonds. The highest BCUT2D eigenvalue weighted by Crippen LogP contribution is 2.26. The minimum absolute atomic E-state index is 0.605. The summed E-state index contributed by atoms with van der Waals surface area (Å²) in [4.78, 5) is 0. The zero-order valence-electron chi connectivity index (χ0n) is 17.9. The van der Waals surface area contributed by atoms with Gasteiger partial charge < -0.3 is 13.3 Å².